The molecule has 0 aliphatic rings. The van der Waals surface area contributed by atoms with Crippen LogP contribution in [0, 0.1) is 19.8 Å². The molecule has 0 radical (unpaired) electrons. The van der Waals surface area contributed by atoms with E-state index >= 15 is 0 Å². The van der Waals surface area contributed by atoms with Crippen LogP contribution in [0.25, 0.3) is 11.5 Å². The Kier molecular flexibility index (Phi) is 4.74. The Morgan fingerprint density at radius 1 is 1.20 bits per heavy atom. The summed E-state index contributed by atoms with van der Waals surface area (Å²) in [5.41, 5.74) is 4.08. The lowest BCUT2D eigenvalue weighted by Gasteiger charge is -2.15. The second-order valence-electron chi connectivity index (χ2n) is 5.16. The number of hydrogen-bond donors (Lipinski definition) is 1. The van der Waals surface area contributed by atoms with Gasteiger partial charge in [-0.25, -0.2) is 19.9 Å². The second-order valence-corrected chi connectivity index (χ2v) is 5.16. The Labute approximate surface area is 119 Å². The first-order valence-electron chi connectivity index (χ1n) is 6.87. The molecule has 0 aliphatic carbocycles. The predicted molar refractivity (Wildman–Crippen MR) is 79.3 cm³/mol. The van der Waals surface area contributed by atoms with Crippen molar-refractivity contribution < 1.29 is 0 Å². The van der Waals surface area contributed by atoms with Crippen LogP contribution in [0.15, 0.2) is 18.6 Å². The van der Waals surface area contributed by atoms with E-state index < -0.39 is 0 Å². The van der Waals surface area contributed by atoms with Crippen molar-refractivity contribution in [3.05, 3.63) is 35.5 Å². The molecule has 0 fully saturated rings. The fraction of sp³-hybridized carbons (Fsp3) is 0.467. The third kappa shape index (κ3) is 3.36. The van der Waals surface area contributed by atoms with Crippen molar-refractivity contribution in [2.75, 3.05) is 13.6 Å². The van der Waals surface area contributed by atoms with Gasteiger partial charge in [0.1, 0.15) is 12.0 Å². The molecule has 0 saturated carbocycles. The lowest BCUT2D eigenvalue weighted by molar-refractivity contribution is 0.537. The highest BCUT2D eigenvalue weighted by molar-refractivity contribution is 5.49. The molecule has 0 amide bonds. The van der Waals surface area contributed by atoms with Crippen molar-refractivity contribution >= 4 is 0 Å². The van der Waals surface area contributed by atoms with Gasteiger partial charge in [0.25, 0.3) is 0 Å². The molecule has 20 heavy (non-hydrogen) atoms. The number of aryl methyl sites for hydroxylation is 2. The van der Waals surface area contributed by atoms with Crippen LogP contribution in [0.5, 0.6) is 0 Å². The number of aromatic nitrogens is 4. The van der Waals surface area contributed by atoms with Crippen LogP contribution in [0.3, 0.4) is 0 Å². The van der Waals surface area contributed by atoms with E-state index in [4.69, 9.17) is 0 Å². The zero-order valence-electron chi connectivity index (χ0n) is 12.5. The summed E-state index contributed by atoms with van der Waals surface area (Å²) in [5.74, 6) is 1.23. The zero-order chi connectivity index (χ0) is 14.5. The van der Waals surface area contributed by atoms with E-state index in [-0.39, 0.29) is 0 Å². The maximum absolute atomic E-state index is 4.60. The number of rotatable bonds is 5. The Balaban J connectivity index is 2.30. The number of nitrogens with zero attached hydrogens (tertiary/aromatic N) is 4. The van der Waals surface area contributed by atoms with Gasteiger partial charge in [0.05, 0.1) is 0 Å². The zero-order valence-corrected chi connectivity index (χ0v) is 12.5. The SMILES string of the molecule is CNCC(C)Cc1c(C)nc(-c2ccncn2)nc1C. The summed E-state index contributed by atoms with van der Waals surface area (Å²) in [6.45, 7) is 7.31. The van der Waals surface area contributed by atoms with Crippen LogP contribution in [-0.4, -0.2) is 33.5 Å². The van der Waals surface area contributed by atoms with Crippen molar-refractivity contribution in [2.45, 2.75) is 27.2 Å². The van der Waals surface area contributed by atoms with Crippen LogP contribution < -0.4 is 5.32 Å². The lowest BCUT2D eigenvalue weighted by Crippen LogP contribution is -2.19. The van der Waals surface area contributed by atoms with Crippen LogP contribution in [0.4, 0.5) is 0 Å². The maximum Gasteiger partial charge on any atom is 0.178 e. The standard InChI is InChI=1S/C15H21N5/c1-10(8-16-4)7-13-11(2)19-15(20-12(13)3)14-5-6-17-9-18-14/h5-6,9-10,16H,7-8H2,1-4H3. The van der Waals surface area contributed by atoms with Gasteiger partial charge in [-0.05, 0) is 51.4 Å². The molecule has 0 aliphatic heterocycles. The Morgan fingerprint density at radius 3 is 2.45 bits per heavy atom. The number of nitrogens with one attached hydrogen (secondary N) is 1. The van der Waals surface area contributed by atoms with Crippen molar-refractivity contribution in [3.63, 3.8) is 0 Å². The van der Waals surface area contributed by atoms with Gasteiger partial charge in [-0.15, -0.1) is 0 Å². The van der Waals surface area contributed by atoms with Gasteiger partial charge < -0.3 is 5.32 Å². The van der Waals surface area contributed by atoms with Crippen molar-refractivity contribution in [1.82, 2.24) is 25.3 Å². The van der Waals surface area contributed by atoms with Gasteiger partial charge in [-0.3, -0.25) is 0 Å². The molecular formula is C15H21N5. The monoisotopic (exact) mass is 271 g/mol. The largest absolute Gasteiger partial charge is 0.319 e. The highest BCUT2D eigenvalue weighted by Gasteiger charge is 2.13. The van der Waals surface area contributed by atoms with E-state index in [0.717, 1.165) is 30.0 Å². The highest BCUT2D eigenvalue weighted by Crippen LogP contribution is 2.19. The van der Waals surface area contributed by atoms with Crippen molar-refractivity contribution in [3.8, 4) is 11.5 Å². The Bertz CT molecular complexity index is 545. The first-order chi connectivity index (χ1) is 9.61. The second kappa shape index (κ2) is 6.52. The van der Waals surface area contributed by atoms with E-state index in [1.807, 2.05) is 27.0 Å². The lowest BCUT2D eigenvalue weighted by atomic mass is 9.98. The predicted octanol–water partition coefficient (Wildman–Crippen LogP) is 1.95. The molecular weight excluding hydrogens is 250 g/mol. The van der Waals surface area contributed by atoms with Gasteiger partial charge >= 0.3 is 0 Å². The fourth-order valence-electron chi connectivity index (χ4n) is 2.34. The van der Waals surface area contributed by atoms with E-state index in [2.05, 4.69) is 32.2 Å². The first kappa shape index (κ1) is 14.5. The Hall–Kier alpha value is -1.88. The third-order valence-electron chi connectivity index (χ3n) is 3.34. The molecule has 0 saturated heterocycles. The van der Waals surface area contributed by atoms with Gasteiger partial charge in [-0.1, -0.05) is 6.92 Å². The minimum absolute atomic E-state index is 0.561. The molecule has 1 unspecified atom stereocenters. The number of hydrogen-bond acceptors (Lipinski definition) is 5. The minimum atomic E-state index is 0.561. The van der Waals surface area contributed by atoms with E-state index in [9.17, 15) is 0 Å². The molecule has 0 aromatic carbocycles. The normalized spacial score (nSPS) is 12.4. The summed E-state index contributed by atoms with van der Waals surface area (Å²) in [6, 6.07) is 1.83. The quantitative estimate of drug-likeness (QED) is 0.900. The average Bonchev–Trinajstić information content (AvgIpc) is 2.44. The maximum atomic E-state index is 4.60. The molecule has 5 heteroatoms. The summed E-state index contributed by atoms with van der Waals surface area (Å²) in [4.78, 5) is 17.3. The molecule has 2 aromatic heterocycles. The molecule has 1 atom stereocenters. The van der Waals surface area contributed by atoms with Crippen LogP contribution >= 0.6 is 0 Å². The van der Waals surface area contributed by atoms with Crippen molar-refractivity contribution in [1.29, 1.82) is 0 Å². The van der Waals surface area contributed by atoms with Crippen LogP contribution in [0.1, 0.15) is 23.9 Å². The molecule has 1 N–H and O–H groups in total. The fourth-order valence-corrected chi connectivity index (χ4v) is 2.34. The van der Waals surface area contributed by atoms with Crippen LogP contribution in [0.2, 0.25) is 0 Å². The summed E-state index contributed by atoms with van der Waals surface area (Å²) < 4.78 is 0. The molecule has 2 rings (SSSR count). The first-order valence-corrected chi connectivity index (χ1v) is 6.87. The van der Waals surface area contributed by atoms with E-state index in [1.165, 1.54) is 11.9 Å². The van der Waals surface area contributed by atoms with Crippen molar-refractivity contribution in [2.24, 2.45) is 5.92 Å². The Morgan fingerprint density at radius 2 is 1.90 bits per heavy atom. The minimum Gasteiger partial charge on any atom is -0.319 e. The molecule has 2 heterocycles. The highest BCUT2D eigenvalue weighted by atomic mass is 14.9. The average molecular weight is 271 g/mol. The molecule has 0 bridgehead atoms. The summed E-state index contributed by atoms with van der Waals surface area (Å²) in [5, 5.41) is 3.21. The molecule has 5 nitrogen and oxygen atoms in total. The van der Waals surface area contributed by atoms with Gasteiger partial charge in [0.15, 0.2) is 5.82 Å². The smallest absolute Gasteiger partial charge is 0.178 e. The summed E-state index contributed by atoms with van der Waals surface area (Å²) >= 11 is 0. The van der Waals surface area contributed by atoms with Gasteiger partial charge in [-0.2, -0.15) is 0 Å². The van der Waals surface area contributed by atoms with E-state index in [0.29, 0.717) is 11.7 Å². The van der Waals surface area contributed by atoms with Gasteiger partial charge in [0, 0.05) is 17.6 Å². The third-order valence-corrected chi connectivity index (χ3v) is 3.34. The van der Waals surface area contributed by atoms with Crippen LogP contribution in [-0.2, 0) is 6.42 Å². The topological polar surface area (TPSA) is 63.6 Å². The van der Waals surface area contributed by atoms with E-state index in [1.54, 1.807) is 6.20 Å². The molecule has 106 valence electrons. The summed E-state index contributed by atoms with van der Waals surface area (Å²) in [7, 11) is 1.98. The molecule has 0 spiro atoms. The summed E-state index contributed by atoms with van der Waals surface area (Å²) in [6.07, 6.45) is 4.22. The molecule has 2 aromatic rings. The van der Waals surface area contributed by atoms with Gasteiger partial charge in [0.2, 0.25) is 0 Å².